The Balaban J connectivity index is 1.95. The van der Waals surface area contributed by atoms with E-state index < -0.39 is 5.41 Å². The normalized spacial score (nSPS) is 28.3. The predicted octanol–water partition coefficient (Wildman–Crippen LogP) is 1.67. The molecule has 1 unspecified atom stereocenters. The molecule has 1 heterocycles. The number of amides is 1. The molecule has 1 aliphatic heterocycles. The summed E-state index contributed by atoms with van der Waals surface area (Å²) in [5.41, 5.74) is -0.742. The van der Waals surface area contributed by atoms with Gasteiger partial charge in [0.2, 0.25) is 5.91 Å². The standard InChI is InChI=1S/C14H23N3O/c1-17-9-5-6-12(10-17)16-13(18)14(11-15)7-3-2-4-8-14/h12H,2-10H2,1H3,(H,16,18). The second-order valence-corrected chi connectivity index (χ2v) is 5.83. The van der Waals surface area contributed by atoms with Crippen molar-refractivity contribution in [2.24, 2.45) is 5.41 Å². The van der Waals surface area contributed by atoms with Gasteiger partial charge in [0.15, 0.2) is 0 Å². The van der Waals surface area contributed by atoms with Crippen molar-refractivity contribution in [2.75, 3.05) is 20.1 Å². The van der Waals surface area contributed by atoms with Crippen molar-refractivity contribution in [3.8, 4) is 6.07 Å². The summed E-state index contributed by atoms with van der Waals surface area (Å²) in [5.74, 6) is -0.0231. The van der Waals surface area contributed by atoms with Crippen LogP contribution in [0.5, 0.6) is 0 Å². The smallest absolute Gasteiger partial charge is 0.240 e. The zero-order valence-electron chi connectivity index (χ0n) is 11.2. The molecule has 0 bridgehead atoms. The maximum atomic E-state index is 12.4. The van der Waals surface area contributed by atoms with E-state index >= 15 is 0 Å². The molecule has 2 aliphatic rings. The summed E-state index contributed by atoms with van der Waals surface area (Å²) < 4.78 is 0. The van der Waals surface area contributed by atoms with Crippen LogP contribution in [-0.2, 0) is 4.79 Å². The molecule has 0 aromatic carbocycles. The van der Waals surface area contributed by atoms with Gasteiger partial charge < -0.3 is 10.2 Å². The fraction of sp³-hybridized carbons (Fsp3) is 0.857. The number of rotatable bonds is 2. The first-order chi connectivity index (χ1) is 8.66. The number of hydrogen-bond acceptors (Lipinski definition) is 3. The Morgan fingerprint density at radius 1 is 1.33 bits per heavy atom. The van der Waals surface area contributed by atoms with Crippen LogP contribution < -0.4 is 5.32 Å². The van der Waals surface area contributed by atoms with Crippen LogP contribution in [0.4, 0.5) is 0 Å². The number of nitrogens with zero attached hydrogens (tertiary/aromatic N) is 2. The lowest BCUT2D eigenvalue weighted by molar-refractivity contribution is -0.130. The Morgan fingerprint density at radius 2 is 2.06 bits per heavy atom. The van der Waals surface area contributed by atoms with Gasteiger partial charge in [0.1, 0.15) is 5.41 Å². The lowest BCUT2D eigenvalue weighted by Gasteiger charge is -2.34. The topological polar surface area (TPSA) is 56.1 Å². The molecule has 0 aromatic heterocycles. The van der Waals surface area contributed by atoms with Crippen LogP contribution in [0.2, 0.25) is 0 Å². The molecule has 1 N–H and O–H groups in total. The van der Waals surface area contributed by atoms with Crippen molar-refractivity contribution in [1.82, 2.24) is 10.2 Å². The summed E-state index contributed by atoms with van der Waals surface area (Å²) >= 11 is 0. The third-order valence-corrected chi connectivity index (χ3v) is 4.32. The molecule has 1 saturated heterocycles. The third kappa shape index (κ3) is 2.84. The van der Waals surface area contributed by atoms with Gasteiger partial charge in [0.25, 0.3) is 0 Å². The van der Waals surface area contributed by atoms with Crippen LogP contribution in [-0.4, -0.2) is 37.0 Å². The molecular weight excluding hydrogens is 226 g/mol. The van der Waals surface area contributed by atoms with Crippen molar-refractivity contribution in [2.45, 2.75) is 51.0 Å². The van der Waals surface area contributed by atoms with E-state index in [2.05, 4.69) is 23.3 Å². The second-order valence-electron chi connectivity index (χ2n) is 5.83. The zero-order valence-corrected chi connectivity index (χ0v) is 11.2. The van der Waals surface area contributed by atoms with Crippen LogP contribution in [0.25, 0.3) is 0 Å². The fourth-order valence-corrected chi connectivity index (χ4v) is 3.15. The van der Waals surface area contributed by atoms with Gasteiger partial charge in [0.05, 0.1) is 6.07 Å². The van der Waals surface area contributed by atoms with E-state index in [0.29, 0.717) is 0 Å². The van der Waals surface area contributed by atoms with Crippen molar-refractivity contribution >= 4 is 5.91 Å². The Hall–Kier alpha value is -1.08. The highest BCUT2D eigenvalue weighted by Crippen LogP contribution is 2.36. The largest absolute Gasteiger partial charge is 0.351 e. The van der Waals surface area contributed by atoms with Gasteiger partial charge in [-0.15, -0.1) is 0 Å². The number of carbonyl (C=O) groups is 1. The van der Waals surface area contributed by atoms with Gasteiger partial charge in [0, 0.05) is 12.6 Å². The van der Waals surface area contributed by atoms with Crippen LogP contribution in [0.3, 0.4) is 0 Å². The first-order valence-electron chi connectivity index (χ1n) is 7.07. The van der Waals surface area contributed by atoms with Gasteiger partial charge in [-0.25, -0.2) is 0 Å². The average molecular weight is 249 g/mol. The molecule has 100 valence electrons. The van der Waals surface area contributed by atoms with Crippen LogP contribution >= 0.6 is 0 Å². The zero-order chi connectivity index (χ0) is 13.0. The lowest BCUT2D eigenvalue weighted by Crippen LogP contribution is -2.51. The van der Waals surface area contributed by atoms with Crippen molar-refractivity contribution in [3.05, 3.63) is 0 Å². The fourth-order valence-electron chi connectivity index (χ4n) is 3.15. The van der Waals surface area contributed by atoms with Crippen molar-refractivity contribution < 1.29 is 4.79 Å². The Labute approximate surface area is 109 Å². The number of hydrogen-bond donors (Lipinski definition) is 1. The predicted molar refractivity (Wildman–Crippen MR) is 69.8 cm³/mol. The molecule has 0 aromatic rings. The monoisotopic (exact) mass is 249 g/mol. The second kappa shape index (κ2) is 5.71. The summed E-state index contributed by atoms with van der Waals surface area (Å²) in [6.07, 6.45) is 6.80. The maximum absolute atomic E-state index is 12.4. The molecule has 1 amide bonds. The van der Waals surface area contributed by atoms with Crippen molar-refractivity contribution in [1.29, 1.82) is 5.26 Å². The first kappa shape index (κ1) is 13.4. The molecule has 18 heavy (non-hydrogen) atoms. The number of piperidine rings is 1. The van der Waals surface area contributed by atoms with E-state index in [1.54, 1.807) is 0 Å². The number of nitriles is 1. The molecule has 2 rings (SSSR count). The minimum absolute atomic E-state index is 0.0231. The lowest BCUT2D eigenvalue weighted by atomic mass is 9.74. The van der Waals surface area contributed by atoms with Gasteiger partial charge in [-0.3, -0.25) is 4.79 Å². The van der Waals surface area contributed by atoms with Crippen molar-refractivity contribution in [3.63, 3.8) is 0 Å². The van der Waals surface area contributed by atoms with Crippen LogP contribution in [0.1, 0.15) is 44.9 Å². The quantitative estimate of drug-likeness (QED) is 0.810. The maximum Gasteiger partial charge on any atom is 0.240 e. The Kier molecular flexibility index (Phi) is 4.23. The first-order valence-corrected chi connectivity index (χ1v) is 7.07. The summed E-state index contributed by atoms with van der Waals surface area (Å²) in [6, 6.07) is 2.52. The van der Waals surface area contributed by atoms with E-state index in [0.717, 1.165) is 58.0 Å². The summed E-state index contributed by atoms with van der Waals surface area (Å²) in [6.45, 7) is 2.02. The average Bonchev–Trinajstić information content (AvgIpc) is 2.39. The van der Waals surface area contributed by atoms with Crippen LogP contribution in [0, 0.1) is 16.7 Å². The van der Waals surface area contributed by atoms with E-state index in [4.69, 9.17) is 0 Å². The van der Waals surface area contributed by atoms with Crippen LogP contribution in [0.15, 0.2) is 0 Å². The molecule has 4 nitrogen and oxygen atoms in total. The van der Waals surface area contributed by atoms with Gasteiger partial charge in [-0.2, -0.15) is 5.26 Å². The van der Waals surface area contributed by atoms with E-state index in [9.17, 15) is 10.1 Å². The van der Waals surface area contributed by atoms with Gasteiger partial charge in [-0.1, -0.05) is 19.3 Å². The molecule has 0 radical (unpaired) electrons. The minimum Gasteiger partial charge on any atom is -0.351 e. The van der Waals surface area contributed by atoms with E-state index in [1.807, 2.05) is 0 Å². The Morgan fingerprint density at radius 3 is 2.67 bits per heavy atom. The summed E-state index contributed by atoms with van der Waals surface area (Å²) in [4.78, 5) is 14.6. The Bertz CT molecular complexity index is 341. The molecule has 1 atom stereocenters. The van der Waals surface area contributed by atoms with Gasteiger partial charge in [-0.05, 0) is 39.3 Å². The van der Waals surface area contributed by atoms with Gasteiger partial charge >= 0.3 is 0 Å². The molecule has 1 aliphatic carbocycles. The molecule has 4 heteroatoms. The molecule has 2 fully saturated rings. The number of carbonyl (C=O) groups excluding carboxylic acids is 1. The number of likely N-dealkylation sites (N-methyl/N-ethyl adjacent to an activating group) is 1. The SMILES string of the molecule is CN1CCCC(NC(=O)C2(C#N)CCCCC2)C1. The molecule has 0 spiro atoms. The highest BCUT2D eigenvalue weighted by Gasteiger charge is 2.40. The summed E-state index contributed by atoms with van der Waals surface area (Å²) in [5, 5.41) is 12.5. The molecular formula is C14H23N3O. The molecule has 1 saturated carbocycles. The highest BCUT2D eigenvalue weighted by molar-refractivity contribution is 5.85. The number of nitrogens with one attached hydrogen (secondary N) is 1. The summed E-state index contributed by atoms with van der Waals surface area (Å²) in [7, 11) is 2.08. The minimum atomic E-state index is -0.742. The van der Waals surface area contributed by atoms with E-state index in [1.165, 1.54) is 0 Å². The highest BCUT2D eigenvalue weighted by atomic mass is 16.2. The number of likely N-dealkylation sites (tertiary alicyclic amines) is 1. The third-order valence-electron chi connectivity index (χ3n) is 4.32. The van der Waals surface area contributed by atoms with E-state index in [-0.39, 0.29) is 11.9 Å².